The van der Waals surface area contributed by atoms with Gasteiger partial charge in [0.05, 0.1) is 11.0 Å². The summed E-state index contributed by atoms with van der Waals surface area (Å²) in [4.78, 5) is 8.21. The van der Waals surface area contributed by atoms with Crippen molar-refractivity contribution in [2.24, 2.45) is 0 Å². The van der Waals surface area contributed by atoms with E-state index in [1.54, 1.807) is 0 Å². The van der Waals surface area contributed by atoms with E-state index in [-0.39, 0.29) is 0 Å². The molecule has 2 heteroatoms. The summed E-state index contributed by atoms with van der Waals surface area (Å²) in [6, 6.07) is 21.2. The van der Waals surface area contributed by atoms with E-state index in [0.717, 1.165) is 11.0 Å². The largest absolute Gasteiger partial charge is 0.354 e. The lowest BCUT2D eigenvalue weighted by Crippen LogP contribution is -1.82. The number of hydrogen-bond donors (Lipinski definition) is 1. The number of nitrogens with zero attached hydrogens (tertiary/aromatic N) is 1. The Morgan fingerprint density at radius 1 is 0.714 bits per heavy atom. The Labute approximate surface area is 121 Å². The smallest absolute Gasteiger partial charge is 0.0729 e. The molecule has 0 amide bonds. The van der Waals surface area contributed by atoms with Crippen LogP contribution in [0.3, 0.4) is 0 Å². The first kappa shape index (κ1) is 10.9. The zero-order valence-electron chi connectivity index (χ0n) is 11.3. The molecule has 0 aliphatic carbocycles. The minimum atomic E-state index is 1.03. The molecule has 2 heterocycles. The summed E-state index contributed by atoms with van der Waals surface area (Å²) in [7, 11) is 0. The number of nitrogens with one attached hydrogen (secondary N) is 1. The molecule has 5 rings (SSSR count). The Kier molecular flexibility index (Phi) is 1.98. The Bertz CT molecular complexity index is 1140. The lowest BCUT2D eigenvalue weighted by atomic mass is 10.1. The fraction of sp³-hybridized carbons (Fsp3) is 0. The molecule has 3 aromatic carbocycles. The normalized spacial score (nSPS) is 11.8. The second-order valence-electron chi connectivity index (χ2n) is 5.43. The van der Waals surface area contributed by atoms with Gasteiger partial charge < -0.3 is 4.98 Å². The lowest BCUT2D eigenvalue weighted by Gasteiger charge is -2.02. The van der Waals surface area contributed by atoms with Crippen molar-refractivity contribution in [3.63, 3.8) is 0 Å². The van der Waals surface area contributed by atoms with Crippen molar-refractivity contribution in [1.82, 2.24) is 9.97 Å². The maximum atomic E-state index is 4.66. The number of pyridine rings is 1. The van der Waals surface area contributed by atoms with Crippen molar-refractivity contribution in [3.8, 4) is 0 Å². The van der Waals surface area contributed by atoms with Crippen LogP contribution in [-0.4, -0.2) is 9.97 Å². The summed E-state index contributed by atoms with van der Waals surface area (Å²) in [5, 5.41) is 6.08. The van der Waals surface area contributed by atoms with E-state index in [4.69, 9.17) is 0 Å². The second-order valence-corrected chi connectivity index (χ2v) is 5.43. The zero-order chi connectivity index (χ0) is 13.8. The van der Waals surface area contributed by atoms with Gasteiger partial charge in [-0.05, 0) is 29.0 Å². The van der Waals surface area contributed by atoms with E-state index in [0.29, 0.717) is 0 Å². The Balaban J connectivity index is 2.05. The highest BCUT2D eigenvalue weighted by Crippen LogP contribution is 2.31. The van der Waals surface area contributed by atoms with Crippen molar-refractivity contribution in [1.29, 1.82) is 0 Å². The van der Waals surface area contributed by atoms with Crippen molar-refractivity contribution in [2.45, 2.75) is 0 Å². The summed E-state index contributed by atoms with van der Waals surface area (Å²) < 4.78 is 0. The highest BCUT2D eigenvalue weighted by molar-refractivity contribution is 6.17. The quantitative estimate of drug-likeness (QED) is 0.392. The number of H-pyrrole nitrogens is 1. The van der Waals surface area contributed by atoms with Gasteiger partial charge in [0.2, 0.25) is 0 Å². The van der Waals surface area contributed by atoms with Crippen LogP contribution < -0.4 is 0 Å². The molecule has 0 unspecified atom stereocenters. The summed E-state index contributed by atoms with van der Waals surface area (Å²) in [6.07, 6.45) is 1.98. The van der Waals surface area contributed by atoms with Crippen LogP contribution in [0.15, 0.2) is 66.9 Å². The number of aromatic amines is 1. The van der Waals surface area contributed by atoms with Crippen LogP contribution in [0.4, 0.5) is 0 Å². The molecule has 98 valence electrons. The van der Waals surface area contributed by atoms with Crippen LogP contribution >= 0.6 is 0 Å². The highest BCUT2D eigenvalue weighted by atomic mass is 14.7. The molecule has 0 saturated carbocycles. The number of aromatic nitrogens is 2. The van der Waals surface area contributed by atoms with Gasteiger partial charge in [-0.3, -0.25) is 4.98 Å². The van der Waals surface area contributed by atoms with Crippen LogP contribution in [-0.2, 0) is 0 Å². The summed E-state index contributed by atoms with van der Waals surface area (Å²) >= 11 is 0. The average Bonchev–Trinajstić information content (AvgIpc) is 2.92. The van der Waals surface area contributed by atoms with E-state index in [2.05, 4.69) is 70.6 Å². The van der Waals surface area contributed by atoms with Crippen LogP contribution in [0, 0.1) is 0 Å². The molecule has 0 atom stereocenters. The highest BCUT2D eigenvalue weighted by Gasteiger charge is 2.08. The van der Waals surface area contributed by atoms with E-state index >= 15 is 0 Å². The summed E-state index contributed by atoms with van der Waals surface area (Å²) in [5.74, 6) is 0. The third-order valence-electron chi connectivity index (χ3n) is 4.21. The molecule has 0 spiro atoms. The van der Waals surface area contributed by atoms with E-state index in [1.807, 2.05) is 6.20 Å². The predicted octanol–water partition coefficient (Wildman–Crippen LogP) is 5.02. The number of fused-ring (bicyclic) bond motifs is 6. The number of para-hydroxylation sites is 1. The fourth-order valence-corrected chi connectivity index (χ4v) is 3.18. The number of benzene rings is 3. The Hall–Kier alpha value is -2.87. The van der Waals surface area contributed by atoms with Gasteiger partial charge in [0.15, 0.2) is 0 Å². The molecular weight excluding hydrogens is 256 g/mol. The van der Waals surface area contributed by atoms with Gasteiger partial charge in [-0.1, -0.05) is 42.5 Å². The first-order valence-corrected chi connectivity index (χ1v) is 7.08. The number of hydrogen-bond acceptors (Lipinski definition) is 1. The van der Waals surface area contributed by atoms with Crippen molar-refractivity contribution < 1.29 is 0 Å². The van der Waals surface area contributed by atoms with Gasteiger partial charge in [0.1, 0.15) is 0 Å². The number of rotatable bonds is 0. The van der Waals surface area contributed by atoms with Gasteiger partial charge in [-0.2, -0.15) is 0 Å². The van der Waals surface area contributed by atoms with Crippen molar-refractivity contribution >= 4 is 43.5 Å². The summed E-state index contributed by atoms with van der Waals surface area (Å²) in [5.41, 5.74) is 3.37. The van der Waals surface area contributed by atoms with Crippen molar-refractivity contribution in [2.75, 3.05) is 0 Å². The predicted molar refractivity (Wildman–Crippen MR) is 88.6 cm³/mol. The van der Waals surface area contributed by atoms with Gasteiger partial charge >= 0.3 is 0 Å². The molecule has 0 bridgehead atoms. The molecule has 2 aromatic heterocycles. The molecule has 1 N–H and O–H groups in total. The van der Waals surface area contributed by atoms with Crippen LogP contribution in [0.2, 0.25) is 0 Å². The molecule has 0 radical (unpaired) electrons. The van der Waals surface area contributed by atoms with E-state index in [9.17, 15) is 0 Å². The van der Waals surface area contributed by atoms with E-state index in [1.165, 1.54) is 32.4 Å². The minimum absolute atomic E-state index is 1.03. The van der Waals surface area contributed by atoms with Gasteiger partial charge in [0, 0.05) is 27.9 Å². The topological polar surface area (TPSA) is 28.7 Å². The molecule has 2 nitrogen and oxygen atoms in total. The van der Waals surface area contributed by atoms with Crippen LogP contribution in [0.5, 0.6) is 0 Å². The van der Waals surface area contributed by atoms with Gasteiger partial charge in [-0.15, -0.1) is 0 Å². The first-order chi connectivity index (χ1) is 10.4. The minimum Gasteiger partial charge on any atom is -0.354 e. The monoisotopic (exact) mass is 268 g/mol. The maximum Gasteiger partial charge on any atom is 0.0729 e. The summed E-state index contributed by atoms with van der Waals surface area (Å²) in [6.45, 7) is 0. The van der Waals surface area contributed by atoms with Crippen LogP contribution in [0.1, 0.15) is 0 Å². The standard InChI is InChI=1S/C19H12N2/c1-2-6-13-10-18-15(9-12(13)5-1)19-16(11-20-18)14-7-3-4-8-17(14)21-19/h1-11,21H. The zero-order valence-corrected chi connectivity index (χ0v) is 11.3. The van der Waals surface area contributed by atoms with Gasteiger partial charge in [-0.25, -0.2) is 0 Å². The first-order valence-electron chi connectivity index (χ1n) is 7.08. The second kappa shape index (κ2) is 3.83. The molecule has 0 fully saturated rings. The molecule has 5 aromatic rings. The molecule has 0 saturated heterocycles. The Morgan fingerprint density at radius 3 is 2.38 bits per heavy atom. The van der Waals surface area contributed by atoms with E-state index < -0.39 is 0 Å². The SMILES string of the molecule is c1ccc2cc3c(cc2c1)ncc1c2ccccc2[nH]c31. The molecule has 0 aliphatic heterocycles. The third kappa shape index (κ3) is 1.44. The third-order valence-corrected chi connectivity index (χ3v) is 4.21. The van der Waals surface area contributed by atoms with Crippen LogP contribution in [0.25, 0.3) is 43.5 Å². The Morgan fingerprint density at radius 2 is 1.48 bits per heavy atom. The van der Waals surface area contributed by atoms with Gasteiger partial charge in [0.25, 0.3) is 0 Å². The lowest BCUT2D eigenvalue weighted by molar-refractivity contribution is 1.45. The average molecular weight is 268 g/mol. The van der Waals surface area contributed by atoms with Crippen molar-refractivity contribution in [3.05, 3.63) is 66.9 Å². The molecule has 21 heavy (non-hydrogen) atoms. The molecule has 0 aliphatic rings. The fourth-order valence-electron chi connectivity index (χ4n) is 3.18. The maximum absolute atomic E-state index is 4.66. The molecular formula is C19H12N2.